The van der Waals surface area contributed by atoms with Crippen molar-refractivity contribution in [1.82, 2.24) is 0 Å². The first-order valence-electron chi connectivity index (χ1n) is 7.58. The Morgan fingerprint density at radius 2 is 2.00 bits per heavy atom. The number of amides is 1. The molecule has 6 nitrogen and oxygen atoms in total. The van der Waals surface area contributed by atoms with Crippen LogP contribution in [0.15, 0.2) is 47.4 Å². The topological polar surface area (TPSA) is 72.7 Å². The summed E-state index contributed by atoms with van der Waals surface area (Å²) < 4.78 is 5.42. The zero-order chi connectivity index (χ0) is 18.8. The second-order valence-electron chi connectivity index (χ2n) is 5.49. The average molecular weight is 386 g/mol. The van der Waals surface area contributed by atoms with Crippen LogP contribution in [0.25, 0.3) is 6.08 Å². The van der Waals surface area contributed by atoms with Gasteiger partial charge in [0.05, 0.1) is 22.6 Å². The SMILES string of the molecule is COc1ccc(/C=C2/SC(=S)N(c3ccccc3C)C2=O)cc1[N+](=O)[O-]. The summed E-state index contributed by atoms with van der Waals surface area (Å²) >= 11 is 6.53. The lowest BCUT2D eigenvalue weighted by Gasteiger charge is -2.16. The molecular weight excluding hydrogens is 372 g/mol. The minimum Gasteiger partial charge on any atom is -0.490 e. The maximum absolute atomic E-state index is 12.8. The molecule has 0 unspecified atom stereocenters. The van der Waals surface area contributed by atoms with Crippen LogP contribution >= 0.6 is 24.0 Å². The number of carbonyl (C=O) groups excluding carboxylic acids is 1. The van der Waals surface area contributed by atoms with Crippen molar-refractivity contribution in [2.24, 2.45) is 0 Å². The van der Waals surface area contributed by atoms with Crippen LogP contribution in [0.4, 0.5) is 11.4 Å². The largest absolute Gasteiger partial charge is 0.490 e. The maximum Gasteiger partial charge on any atom is 0.311 e. The maximum atomic E-state index is 12.8. The van der Waals surface area contributed by atoms with Crippen LogP contribution < -0.4 is 9.64 Å². The third-order valence-corrected chi connectivity index (χ3v) is 5.15. The fraction of sp³-hybridized carbons (Fsp3) is 0.111. The van der Waals surface area contributed by atoms with E-state index in [1.807, 2.05) is 31.2 Å². The standard InChI is InChI=1S/C18H14N2O4S2/c1-11-5-3-4-6-13(11)19-17(21)16(26-18(19)25)10-12-7-8-15(24-2)14(9-12)20(22)23/h3-10H,1-2H3/b16-10+. The monoisotopic (exact) mass is 386 g/mol. The second kappa shape index (κ2) is 7.27. The summed E-state index contributed by atoms with van der Waals surface area (Å²) in [6.45, 7) is 1.91. The second-order valence-corrected chi connectivity index (χ2v) is 7.17. The lowest BCUT2D eigenvalue weighted by Crippen LogP contribution is -2.28. The number of nitro groups is 1. The van der Waals surface area contributed by atoms with Crippen molar-refractivity contribution in [3.05, 3.63) is 68.6 Å². The number of hydrogen-bond donors (Lipinski definition) is 0. The number of nitro benzene ring substituents is 1. The number of thiocarbonyl (C=S) groups is 1. The number of para-hydroxylation sites is 1. The molecule has 1 heterocycles. The van der Waals surface area contributed by atoms with Gasteiger partial charge in [0.25, 0.3) is 5.91 Å². The Bertz CT molecular complexity index is 956. The summed E-state index contributed by atoms with van der Waals surface area (Å²) in [6.07, 6.45) is 1.60. The number of methoxy groups -OCH3 is 1. The summed E-state index contributed by atoms with van der Waals surface area (Å²) in [5.74, 6) is -0.0765. The summed E-state index contributed by atoms with van der Waals surface area (Å²) in [5, 5.41) is 11.2. The van der Waals surface area contributed by atoms with E-state index in [1.165, 1.54) is 35.9 Å². The Kier molecular flexibility index (Phi) is 5.06. The molecule has 0 aromatic heterocycles. The molecule has 0 spiro atoms. The van der Waals surface area contributed by atoms with E-state index in [2.05, 4.69) is 0 Å². The molecule has 132 valence electrons. The molecule has 1 fully saturated rings. The number of rotatable bonds is 4. The predicted molar refractivity (Wildman–Crippen MR) is 106 cm³/mol. The first-order valence-corrected chi connectivity index (χ1v) is 8.81. The van der Waals surface area contributed by atoms with Crippen molar-refractivity contribution in [3.8, 4) is 5.75 Å². The number of nitrogens with zero attached hydrogens (tertiary/aromatic N) is 2. The van der Waals surface area contributed by atoms with Gasteiger partial charge in [-0.15, -0.1) is 0 Å². The number of hydrogen-bond acceptors (Lipinski definition) is 6. The van der Waals surface area contributed by atoms with Gasteiger partial charge in [-0.25, -0.2) is 0 Å². The van der Waals surface area contributed by atoms with Crippen molar-refractivity contribution in [1.29, 1.82) is 0 Å². The molecule has 0 aliphatic carbocycles. The van der Waals surface area contributed by atoms with E-state index in [9.17, 15) is 14.9 Å². The highest BCUT2D eigenvalue weighted by Gasteiger charge is 2.34. The molecule has 0 radical (unpaired) electrons. The number of benzene rings is 2. The quantitative estimate of drug-likeness (QED) is 0.337. The Hall–Kier alpha value is -2.71. The molecule has 2 aromatic carbocycles. The zero-order valence-corrected chi connectivity index (χ0v) is 15.6. The van der Waals surface area contributed by atoms with E-state index >= 15 is 0 Å². The molecule has 1 aliphatic heterocycles. The molecule has 8 heteroatoms. The Labute approximate surface area is 159 Å². The first-order chi connectivity index (χ1) is 12.4. The molecule has 3 rings (SSSR count). The van der Waals surface area contributed by atoms with Gasteiger partial charge in [0.2, 0.25) is 0 Å². The molecule has 26 heavy (non-hydrogen) atoms. The molecule has 1 amide bonds. The van der Waals surface area contributed by atoms with Gasteiger partial charge in [-0.05, 0) is 36.3 Å². The van der Waals surface area contributed by atoms with Crippen LogP contribution in [-0.4, -0.2) is 22.3 Å². The molecule has 0 saturated carbocycles. The van der Waals surface area contributed by atoms with Gasteiger partial charge in [0.1, 0.15) is 0 Å². The Morgan fingerprint density at radius 1 is 1.27 bits per heavy atom. The lowest BCUT2D eigenvalue weighted by molar-refractivity contribution is -0.385. The van der Waals surface area contributed by atoms with Crippen LogP contribution in [0.2, 0.25) is 0 Å². The molecule has 2 aromatic rings. The molecule has 1 saturated heterocycles. The van der Waals surface area contributed by atoms with Gasteiger partial charge < -0.3 is 4.74 Å². The van der Waals surface area contributed by atoms with E-state index < -0.39 is 4.92 Å². The lowest BCUT2D eigenvalue weighted by atomic mass is 10.1. The van der Waals surface area contributed by atoms with Gasteiger partial charge in [0, 0.05) is 6.07 Å². The van der Waals surface area contributed by atoms with Crippen LogP contribution in [-0.2, 0) is 4.79 Å². The van der Waals surface area contributed by atoms with E-state index in [1.54, 1.807) is 12.1 Å². The summed E-state index contributed by atoms with van der Waals surface area (Å²) in [5.41, 5.74) is 2.04. The summed E-state index contributed by atoms with van der Waals surface area (Å²) in [4.78, 5) is 25.4. The third-order valence-electron chi connectivity index (χ3n) is 3.85. The zero-order valence-electron chi connectivity index (χ0n) is 14.0. The van der Waals surface area contributed by atoms with Crippen molar-refractivity contribution in [2.75, 3.05) is 12.0 Å². The van der Waals surface area contributed by atoms with Crippen LogP contribution in [0.3, 0.4) is 0 Å². The van der Waals surface area contributed by atoms with Gasteiger partial charge in [-0.3, -0.25) is 19.8 Å². The summed E-state index contributed by atoms with van der Waals surface area (Å²) in [7, 11) is 1.37. The van der Waals surface area contributed by atoms with Crippen molar-refractivity contribution in [2.45, 2.75) is 6.92 Å². The van der Waals surface area contributed by atoms with Gasteiger partial charge in [-0.2, -0.15) is 0 Å². The fourth-order valence-corrected chi connectivity index (χ4v) is 3.87. The number of anilines is 1. The number of carbonyl (C=O) groups is 1. The third kappa shape index (κ3) is 3.33. The Morgan fingerprint density at radius 3 is 2.65 bits per heavy atom. The van der Waals surface area contributed by atoms with Crippen molar-refractivity contribution in [3.63, 3.8) is 0 Å². The first kappa shape index (κ1) is 18.1. The van der Waals surface area contributed by atoms with Crippen molar-refractivity contribution < 1.29 is 14.5 Å². The van der Waals surface area contributed by atoms with Gasteiger partial charge >= 0.3 is 5.69 Å². The molecular formula is C18H14N2O4S2. The van der Waals surface area contributed by atoms with E-state index in [4.69, 9.17) is 17.0 Å². The van der Waals surface area contributed by atoms with E-state index in [-0.39, 0.29) is 17.3 Å². The minimum atomic E-state index is -0.519. The molecule has 1 aliphatic rings. The fourth-order valence-electron chi connectivity index (χ4n) is 2.58. The highest BCUT2D eigenvalue weighted by atomic mass is 32.2. The van der Waals surface area contributed by atoms with Crippen LogP contribution in [0, 0.1) is 17.0 Å². The highest BCUT2D eigenvalue weighted by Crippen LogP contribution is 2.38. The minimum absolute atomic E-state index is 0.157. The van der Waals surface area contributed by atoms with Crippen LogP contribution in [0.5, 0.6) is 5.75 Å². The normalized spacial score (nSPS) is 15.6. The van der Waals surface area contributed by atoms with Crippen molar-refractivity contribution >= 4 is 51.7 Å². The molecule has 0 bridgehead atoms. The van der Waals surface area contributed by atoms with E-state index in [0.29, 0.717) is 14.8 Å². The summed E-state index contributed by atoms with van der Waals surface area (Å²) in [6, 6.07) is 12.0. The number of aryl methyl sites for hydroxylation is 1. The highest BCUT2D eigenvalue weighted by molar-refractivity contribution is 8.27. The smallest absolute Gasteiger partial charge is 0.311 e. The average Bonchev–Trinajstić information content (AvgIpc) is 2.89. The molecule has 0 N–H and O–H groups in total. The van der Waals surface area contributed by atoms with E-state index in [0.717, 1.165) is 11.3 Å². The van der Waals surface area contributed by atoms with Gasteiger partial charge in [0.15, 0.2) is 10.1 Å². The molecule has 0 atom stereocenters. The van der Waals surface area contributed by atoms with Crippen LogP contribution in [0.1, 0.15) is 11.1 Å². The van der Waals surface area contributed by atoms with Gasteiger partial charge in [-0.1, -0.05) is 48.2 Å². The Balaban J connectivity index is 1.97. The predicted octanol–water partition coefficient (Wildman–Crippen LogP) is 4.32. The number of ether oxygens (including phenoxy) is 1. The number of thioether (sulfide) groups is 1.